The molecule has 6 nitrogen and oxygen atoms in total. The van der Waals surface area contributed by atoms with Crippen LogP contribution in [0.2, 0.25) is 0 Å². The number of rotatable bonds is 4. The molecular formula is C21H23N4O2-. The van der Waals surface area contributed by atoms with E-state index in [1.54, 1.807) is 24.5 Å². The maximum atomic E-state index is 11.0. The van der Waals surface area contributed by atoms with Crippen LogP contribution in [-0.2, 0) is 0 Å². The van der Waals surface area contributed by atoms with E-state index in [0.717, 1.165) is 31.5 Å². The Kier molecular flexibility index (Phi) is 6.29. The van der Waals surface area contributed by atoms with Crippen LogP contribution in [-0.4, -0.2) is 29.2 Å². The number of piperidine rings is 1. The lowest BCUT2D eigenvalue weighted by atomic mass is 10.0. The lowest BCUT2D eigenvalue weighted by molar-refractivity contribution is 0.232. The van der Waals surface area contributed by atoms with Gasteiger partial charge in [0.05, 0.1) is 11.8 Å². The molecule has 0 bridgehead atoms. The zero-order valence-corrected chi connectivity index (χ0v) is 15.6. The molecule has 1 saturated heterocycles. The second-order valence-electron chi connectivity index (χ2n) is 6.59. The number of hydrogen-bond acceptors (Lipinski definition) is 6. The van der Waals surface area contributed by atoms with Gasteiger partial charge < -0.3 is 20.3 Å². The Bertz CT molecular complexity index is 840. The van der Waals surface area contributed by atoms with Gasteiger partial charge in [-0.05, 0) is 51.0 Å². The summed E-state index contributed by atoms with van der Waals surface area (Å²) in [6.07, 6.45) is 7.34. The molecule has 0 aromatic carbocycles. The number of ether oxygens (including phenoxy) is 1. The summed E-state index contributed by atoms with van der Waals surface area (Å²) in [5.41, 5.74) is 4.65. The average Bonchev–Trinajstić information content (AvgIpc) is 2.69. The van der Waals surface area contributed by atoms with E-state index in [1.807, 2.05) is 37.5 Å². The Labute approximate surface area is 159 Å². The molecule has 0 unspecified atom stereocenters. The molecule has 1 fully saturated rings. The first kappa shape index (κ1) is 18.7. The Morgan fingerprint density at radius 2 is 2.04 bits per heavy atom. The molecule has 0 atom stereocenters. The molecule has 6 heteroatoms. The van der Waals surface area contributed by atoms with Gasteiger partial charge in [-0.2, -0.15) is 0 Å². The van der Waals surface area contributed by atoms with Gasteiger partial charge in [0.25, 0.3) is 0 Å². The summed E-state index contributed by atoms with van der Waals surface area (Å²) < 4.78 is 5.53. The third kappa shape index (κ3) is 5.22. The van der Waals surface area contributed by atoms with Crippen molar-refractivity contribution in [2.45, 2.75) is 32.8 Å². The lowest BCUT2D eigenvalue weighted by Crippen LogP contribution is -2.31. The van der Waals surface area contributed by atoms with Crippen LogP contribution in [0.3, 0.4) is 0 Å². The van der Waals surface area contributed by atoms with Crippen LogP contribution in [0.4, 0.5) is 11.5 Å². The van der Waals surface area contributed by atoms with Crippen LogP contribution in [0.1, 0.15) is 32.3 Å². The van der Waals surface area contributed by atoms with Gasteiger partial charge in [-0.25, -0.2) is 9.97 Å². The molecule has 3 rings (SSSR count). The standard InChI is InChI=1S/C21H23N4O2/c1-16(2)27-20-9-8-18(15-23-20)6-3-5-17-10-13-25(14-11-17)21-19(24-26)7-4-12-22-21/h4-5,7-9,12,15-16,24H,10-11,13-14H2,1-2H3/q-1. The highest BCUT2D eigenvalue weighted by molar-refractivity contribution is 5.66. The van der Waals surface area contributed by atoms with Crippen LogP contribution in [0.15, 0.2) is 48.3 Å². The highest BCUT2D eigenvalue weighted by atomic mass is 16.5. The fourth-order valence-electron chi connectivity index (χ4n) is 2.87. The predicted octanol–water partition coefficient (Wildman–Crippen LogP) is 3.75. The van der Waals surface area contributed by atoms with E-state index < -0.39 is 0 Å². The van der Waals surface area contributed by atoms with Gasteiger partial charge in [-0.3, -0.25) is 0 Å². The predicted molar refractivity (Wildman–Crippen MR) is 108 cm³/mol. The lowest BCUT2D eigenvalue weighted by Gasteiger charge is -2.31. The Morgan fingerprint density at radius 3 is 2.70 bits per heavy atom. The summed E-state index contributed by atoms with van der Waals surface area (Å²) in [7, 11) is 0. The first-order valence-corrected chi connectivity index (χ1v) is 9.06. The highest BCUT2D eigenvalue weighted by Gasteiger charge is 2.16. The van der Waals surface area contributed by atoms with Gasteiger partial charge >= 0.3 is 0 Å². The molecule has 1 aliphatic heterocycles. The van der Waals surface area contributed by atoms with Gasteiger partial charge in [0.2, 0.25) is 5.88 Å². The molecule has 1 aliphatic rings. The minimum atomic E-state index is 0.108. The van der Waals surface area contributed by atoms with Crippen molar-refractivity contribution in [1.82, 2.24) is 9.97 Å². The topological polar surface area (TPSA) is 73.3 Å². The quantitative estimate of drug-likeness (QED) is 0.659. The molecule has 0 aliphatic carbocycles. The van der Waals surface area contributed by atoms with Crippen molar-refractivity contribution >= 4 is 11.5 Å². The van der Waals surface area contributed by atoms with Gasteiger partial charge in [0.15, 0.2) is 5.82 Å². The molecule has 0 saturated carbocycles. The average molecular weight is 363 g/mol. The summed E-state index contributed by atoms with van der Waals surface area (Å²) in [6.45, 7) is 5.58. The summed E-state index contributed by atoms with van der Waals surface area (Å²) in [6, 6.07) is 7.25. The fourth-order valence-corrected chi connectivity index (χ4v) is 2.87. The number of nitrogens with zero attached hydrogens (tertiary/aromatic N) is 3. The van der Waals surface area contributed by atoms with Crippen molar-refractivity contribution in [1.29, 1.82) is 0 Å². The minimum Gasteiger partial charge on any atom is -0.761 e. The molecule has 3 heterocycles. The monoisotopic (exact) mass is 363 g/mol. The molecule has 0 amide bonds. The number of allylic oxidation sites excluding steroid dienone is 1. The van der Waals surface area contributed by atoms with E-state index in [1.165, 1.54) is 5.57 Å². The van der Waals surface area contributed by atoms with Crippen LogP contribution in [0.25, 0.3) is 0 Å². The molecule has 2 aromatic rings. The second kappa shape index (κ2) is 9.06. The molecule has 1 N–H and O–H groups in total. The maximum Gasteiger partial charge on any atom is 0.213 e. The van der Waals surface area contributed by atoms with E-state index in [0.29, 0.717) is 17.4 Å². The van der Waals surface area contributed by atoms with E-state index in [9.17, 15) is 5.21 Å². The Hall–Kier alpha value is -3.04. The first-order valence-electron chi connectivity index (χ1n) is 9.06. The van der Waals surface area contributed by atoms with Gasteiger partial charge in [-0.1, -0.05) is 17.4 Å². The normalized spacial score (nSPS) is 13.8. The van der Waals surface area contributed by atoms with Crippen LogP contribution in [0.5, 0.6) is 5.88 Å². The smallest absolute Gasteiger partial charge is 0.213 e. The van der Waals surface area contributed by atoms with Crippen molar-refractivity contribution < 1.29 is 4.74 Å². The molecule has 0 radical (unpaired) electrons. The maximum absolute atomic E-state index is 11.0. The Balaban J connectivity index is 1.57. The first-order chi connectivity index (χ1) is 13.2. The van der Waals surface area contributed by atoms with E-state index in [4.69, 9.17) is 4.74 Å². The zero-order chi connectivity index (χ0) is 19.1. The summed E-state index contributed by atoms with van der Waals surface area (Å²) >= 11 is 0. The number of pyridine rings is 2. The van der Waals surface area contributed by atoms with Crippen molar-refractivity contribution in [3.63, 3.8) is 0 Å². The molecule has 27 heavy (non-hydrogen) atoms. The SMILES string of the molecule is CC(C)Oc1ccc(C#CC=C2CCN(c3ncccc3N[O-])CC2)cn1. The summed E-state index contributed by atoms with van der Waals surface area (Å²) in [5, 5.41) is 11.0. The summed E-state index contributed by atoms with van der Waals surface area (Å²) in [4.78, 5) is 10.7. The van der Waals surface area contributed by atoms with Crippen molar-refractivity contribution in [2.75, 3.05) is 23.5 Å². The van der Waals surface area contributed by atoms with Crippen molar-refractivity contribution in [2.24, 2.45) is 0 Å². The second-order valence-corrected chi connectivity index (χ2v) is 6.59. The fraction of sp³-hybridized carbons (Fsp3) is 0.333. The molecule has 0 spiro atoms. The highest BCUT2D eigenvalue weighted by Crippen LogP contribution is 2.27. The third-order valence-corrected chi connectivity index (χ3v) is 4.19. The Morgan fingerprint density at radius 1 is 1.22 bits per heavy atom. The van der Waals surface area contributed by atoms with Gasteiger partial charge in [0, 0.05) is 37.1 Å². The third-order valence-electron chi connectivity index (χ3n) is 4.19. The molecule has 2 aromatic heterocycles. The largest absolute Gasteiger partial charge is 0.761 e. The zero-order valence-electron chi connectivity index (χ0n) is 15.6. The van der Waals surface area contributed by atoms with E-state index in [2.05, 4.69) is 26.7 Å². The molecular weight excluding hydrogens is 340 g/mol. The number of nitrogens with one attached hydrogen (secondary N) is 1. The van der Waals surface area contributed by atoms with Gasteiger partial charge in [0.1, 0.15) is 0 Å². The number of hydrogen-bond donors (Lipinski definition) is 1. The van der Waals surface area contributed by atoms with Gasteiger partial charge in [-0.15, -0.1) is 0 Å². The van der Waals surface area contributed by atoms with Crippen molar-refractivity contribution in [3.8, 4) is 17.7 Å². The molecule has 140 valence electrons. The number of aromatic nitrogens is 2. The van der Waals surface area contributed by atoms with Crippen molar-refractivity contribution in [3.05, 3.63) is 59.1 Å². The van der Waals surface area contributed by atoms with E-state index in [-0.39, 0.29) is 6.10 Å². The number of anilines is 2. The minimum absolute atomic E-state index is 0.108. The van der Waals surface area contributed by atoms with E-state index >= 15 is 0 Å². The summed E-state index contributed by atoms with van der Waals surface area (Å²) in [5.74, 6) is 7.56. The van der Waals surface area contributed by atoms with Crippen LogP contribution in [0, 0.1) is 17.0 Å². The van der Waals surface area contributed by atoms with Crippen LogP contribution >= 0.6 is 0 Å². The van der Waals surface area contributed by atoms with Crippen LogP contribution < -0.4 is 15.1 Å².